The molecule has 4 nitrogen and oxygen atoms in total. The van der Waals surface area contributed by atoms with E-state index in [0.717, 1.165) is 89.0 Å². The number of rotatable bonds is 6. The topological polar surface area (TPSA) is 43.9 Å². The van der Waals surface area contributed by atoms with Crippen LogP contribution < -0.4 is 0 Å². The number of para-hydroxylation sites is 3. The number of benzene rings is 8. The van der Waals surface area contributed by atoms with Gasteiger partial charge < -0.3 is 8.98 Å². The van der Waals surface area contributed by atoms with E-state index in [2.05, 4.69) is 187 Å². The molecule has 3 heterocycles. The van der Waals surface area contributed by atoms with Crippen molar-refractivity contribution < 1.29 is 4.42 Å². The molecule has 0 spiro atoms. The molecule has 0 unspecified atom stereocenters. The monoisotopic (exact) mass is 715 g/mol. The highest BCUT2D eigenvalue weighted by molar-refractivity contribution is 6.16. The van der Waals surface area contributed by atoms with Gasteiger partial charge in [0.1, 0.15) is 5.58 Å². The third-order valence-corrected chi connectivity index (χ3v) is 10.8. The van der Waals surface area contributed by atoms with Crippen LogP contribution in [0.25, 0.3) is 106 Å². The van der Waals surface area contributed by atoms with E-state index in [-0.39, 0.29) is 0 Å². The second-order valence-corrected chi connectivity index (χ2v) is 14.2. The summed E-state index contributed by atoms with van der Waals surface area (Å²) in [6, 6.07) is 70.1. The van der Waals surface area contributed by atoms with Crippen molar-refractivity contribution in [2.75, 3.05) is 0 Å². The fourth-order valence-electron chi connectivity index (χ4n) is 8.21. The molecule has 0 fully saturated rings. The summed E-state index contributed by atoms with van der Waals surface area (Å²) in [7, 11) is 0. The molecule has 56 heavy (non-hydrogen) atoms. The molecule has 0 aliphatic carbocycles. The average Bonchev–Trinajstić information content (AvgIpc) is 3.83. The molecule has 11 aromatic rings. The number of furan rings is 1. The maximum atomic E-state index is 7.05. The zero-order valence-electron chi connectivity index (χ0n) is 30.3. The van der Waals surface area contributed by atoms with E-state index < -0.39 is 0 Å². The quantitative estimate of drug-likeness (QED) is 0.172. The van der Waals surface area contributed by atoms with Crippen molar-refractivity contribution in [3.05, 3.63) is 200 Å². The Balaban J connectivity index is 1.20. The normalized spacial score (nSPS) is 11.6. The van der Waals surface area contributed by atoms with Gasteiger partial charge in [-0.1, -0.05) is 158 Å². The first-order valence-corrected chi connectivity index (χ1v) is 18.9. The molecule has 8 aromatic carbocycles. The van der Waals surface area contributed by atoms with Gasteiger partial charge in [0.05, 0.1) is 28.1 Å². The van der Waals surface area contributed by atoms with Crippen molar-refractivity contribution in [1.82, 2.24) is 14.5 Å². The van der Waals surface area contributed by atoms with Gasteiger partial charge >= 0.3 is 0 Å². The lowest BCUT2D eigenvalue weighted by Crippen LogP contribution is -1.97. The van der Waals surface area contributed by atoms with E-state index >= 15 is 0 Å². The third kappa shape index (κ3) is 5.31. The van der Waals surface area contributed by atoms with Gasteiger partial charge in [-0.25, -0.2) is 9.97 Å². The summed E-state index contributed by atoms with van der Waals surface area (Å²) < 4.78 is 9.38. The van der Waals surface area contributed by atoms with Gasteiger partial charge in [0.25, 0.3) is 0 Å². The van der Waals surface area contributed by atoms with E-state index in [1.54, 1.807) is 0 Å². The van der Waals surface area contributed by atoms with Gasteiger partial charge in [-0.15, -0.1) is 0 Å². The maximum absolute atomic E-state index is 7.05. The van der Waals surface area contributed by atoms with Crippen molar-refractivity contribution in [2.24, 2.45) is 0 Å². The smallest absolute Gasteiger partial charge is 0.161 e. The third-order valence-electron chi connectivity index (χ3n) is 10.8. The molecule has 0 bridgehead atoms. The van der Waals surface area contributed by atoms with Gasteiger partial charge in [-0.2, -0.15) is 0 Å². The van der Waals surface area contributed by atoms with Crippen LogP contribution in [0.5, 0.6) is 0 Å². The Kier molecular flexibility index (Phi) is 7.46. The van der Waals surface area contributed by atoms with Crippen LogP contribution in [0.2, 0.25) is 0 Å². The Bertz CT molecular complexity index is 3180. The van der Waals surface area contributed by atoms with Crippen LogP contribution >= 0.6 is 0 Å². The molecule has 262 valence electrons. The fourth-order valence-corrected chi connectivity index (χ4v) is 8.21. The minimum absolute atomic E-state index is 0.638. The molecule has 0 amide bonds. The summed E-state index contributed by atoms with van der Waals surface area (Å²) in [5.41, 5.74) is 13.9. The molecule has 3 aromatic heterocycles. The second-order valence-electron chi connectivity index (χ2n) is 14.2. The number of aromatic nitrogens is 3. The minimum atomic E-state index is 0.638. The summed E-state index contributed by atoms with van der Waals surface area (Å²) >= 11 is 0. The summed E-state index contributed by atoms with van der Waals surface area (Å²) in [4.78, 5) is 10.7. The van der Waals surface area contributed by atoms with Crippen LogP contribution in [-0.4, -0.2) is 14.5 Å². The lowest BCUT2D eigenvalue weighted by Gasteiger charge is -2.12. The van der Waals surface area contributed by atoms with E-state index in [1.807, 2.05) is 18.2 Å². The fraction of sp³-hybridized carbons (Fsp3) is 0. The predicted octanol–water partition coefficient (Wildman–Crippen LogP) is 13.8. The molecular weight excluding hydrogens is 683 g/mol. The van der Waals surface area contributed by atoms with Crippen LogP contribution in [0, 0.1) is 0 Å². The zero-order chi connectivity index (χ0) is 37.0. The Morgan fingerprint density at radius 1 is 0.375 bits per heavy atom. The highest BCUT2D eigenvalue weighted by Gasteiger charge is 2.22. The molecule has 0 saturated heterocycles. The molecule has 4 heteroatoms. The van der Waals surface area contributed by atoms with Crippen LogP contribution in [0.1, 0.15) is 0 Å². The van der Waals surface area contributed by atoms with Gasteiger partial charge in [0.15, 0.2) is 11.4 Å². The number of hydrogen-bond acceptors (Lipinski definition) is 3. The Hall–Kier alpha value is -7.56. The standard InChI is InChI=1S/C52H33N3O/c1-4-16-34(17-5-1)37-22-14-23-38(30-37)45-33-44(36-20-8-3-9-21-36)53-52(54-45)43-31-39(35-18-6-2-7-19-35)32-49-50(43)42-26-15-29-48(51(42)56-49)55-46-27-12-10-24-40(46)41-25-11-13-28-47(41)55/h1-33H. The van der Waals surface area contributed by atoms with Crippen molar-refractivity contribution in [3.63, 3.8) is 0 Å². The summed E-state index contributed by atoms with van der Waals surface area (Å²) in [6.07, 6.45) is 0. The zero-order valence-corrected chi connectivity index (χ0v) is 30.3. The maximum Gasteiger partial charge on any atom is 0.161 e. The first-order valence-electron chi connectivity index (χ1n) is 18.9. The highest BCUT2D eigenvalue weighted by atomic mass is 16.3. The van der Waals surface area contributed by atoms with Crippen LogP contribution in [0.4, 0.5) is 0 Å². The number of hydrogen-bond donors (Lipinski definition) is 0. The van der Waals surface area contributed by atoms with Crippen LogP contribution in [0.15, 0.2) is 205 Å². The highest BCUT2D eigenvalue weighted by Crippen LogP contribution is 2.43. The number of nitrogens with zero attached hydrogens (tertiary/aromatic N) is 3. The van der Waals surface area contributed by atoms with Crippen molar-refractivity contribution in [3.8, 4) is 61.8 Å². The molecule has 0 radical (unpaired) electrons. The largest absolute Gasteiger partial charge is 0.454 e. The average molecular weight is 716 g/mol. The molecule has 0 N–H and O–H groups in total. The first kappa shape index (κ1) is 31.9. The summed E-state index contributed by atoms with van der Waals surface area (Å²) in [5.74, 6) is 0.638. The molecule has 11 rings (SSSR count). The summed E-state index contributed by atoms with van der Waals surface area (Å²) in [6.45, 7) is 0. The summed E-state index contributed by atoms with van der Waals surface area (Å²) in [5, 5.41) is 4.41. The Morgan fingerprint density at radius 2 is 0.893 bits per heavy atom. The second kappa shape index (κ2) is 13.1. The van der Waals surface area contributed by atoms with Crippen molar-refractivity contribution >= 4 is 43.7 Å². The van der Waals surface area contributed by atoms with Crippen molar-refractivity contribution in [1.29, 1.82) is 0 Å². The molecule has 0 saturated carbocycles. The Morgan fingerprint density at radius 3 is 1.57 bits per heavy atom. The van der Waals surface area contributed by atoms with Crippen molar-refractivity contribution in [2.45, 2.75) is 0 Å². The van der Waals surface area contributed by atoms with E-state index in [4.69, 9.17) is 14.4 Å². The minimum Gasteiger partial charge on any atom is -0.454 e. The molecule has 0 aliphatic heterocycles. The lowest BCUT2D eigenvalue weighted by molar-refractivity contribution is 0.666. The van der Waals surface area contributed by atoms with Gasteiger partial charge in [0, 0.05) is 38.2 Å². The van der Waals surface area contributed by atoms with E-state index in [9.17, 15) is 0 Å². The first-order chi connectivity index (χ1) is 27.8. The predicted molar refractivity (Wildman–Crippen MR) is 231 cm³/mol. The Labute approximate surface area is 323 Å². The van der Waals surface area contributed by atoms with Gasteiger partial charge in [-0.3, -0.25) is 0 Å². The SMILES string of the molecule is c1ccc(-c2cccc(-c3cc(-c4ccccc4)nc(-c4cc(-c5ccccc5)cc5oc6c(-n7c8ccccc8c8ccccc87)cccc6c45)n3)c2)cc1. The van der Waals surface area contributed by atoms with Crippen LogP contribution in [0.3, 0.4) is 0 Å². The molecule has 0 atom stereocenters. The van der Waals surface area contributed by atoms with Crippen LogP contribution in [-0.2, 0) is 0 Å². The van der Waals surface area contributed by atoms with E-state index in [1.165, 1.54) is 10.8 Å². The van der Waals surface area contributed by atoms with E-state index in [0.29, 0.717) is 5.82 Å². The van der Waals surface area contributed by atoms with Gasteiger partial charge in [0.2, 0.25) is 0 Å². The van der Waals surface area contributed by atoms with Gasteiger partial charge in [-0.05, 0) is 64.7 Å². The molecular formula is C52H33N3O. The molecule has 0 aliphatic rings. The number of fused-ring (bicyclic) bond motifs is 6. The lowest BCUT2D eigenvalue weighted by atomic mass is 9.97.